The second kappa shape index (κ2) is 17.6. The van der Waals surface area contributed by atoms with Crippen LogP contribution < -0.4 is 0 Å². The highest BCUT2D eigenvalue weighted by Crippen LogP contribution is 1.71. The van der Waals surface area contributed by atoms with Crippen LogP contribution in [-0.4, -0.2) is 18.4 Å². The van der Waals surface area contributed by atoms with Gasteiger partial charge < -0.3 is 9.53 Å². The molecule has 0 saturated carbocycles. The first-order valence-corrected chi connectivity index (χ1v) is 4.39. The molecule has 0 aliphatic rings. The van der Waals surface area contributed by atoms with E-state index in [1.54, 1.807) is 19.9 Å². The third-order valence-electron chi connectivity index (χ3n) is 0.845. The van der Waals surface area contributed by atoms with Crippen LogP contribution in [-0.2, 0) is 14.3 Å². The van der Waals surface area contributed by atoms with E-state index in [0.29, 0.717) is 13.0 Å². The first-order chi connectivity index (χ1) is 6.45. The number of carbonyl (C=O) groups is 2. The minimum absolute atomic E-state index is 0.211. The molecular formula is C10H19NO3. The zero-order valence-corrected chi connectivity index (χ0v) is 9.59. The number of Topliss-reactive ketones (excluding diaryl/α,β-unsaturated/α-hetero) is 1. The highest BCUT2D eigenvalue weighted by Gasteiger charge is 1.81. The Balaban J connectivity index is -0.000000138. The fraction of sp³-hybridized carbons (Fsp3) is 0.700. The van der Waals surface area contributed by atoms with E-state index in [-0.39, 0.29) is 11.8 Å². The third-order valence-corrected chi connectivity index (χ3v) is 0.845. The Kier molecular flexibility index (Phi) is 23.2. The smallest absolute Gasteiger partial charge is 0.302 e. The Labute approximate surface area is 85.9 Å². The molecule has 0 spiro atoms. The van der Waals surface area contributed by atoms with Crippen LogP contribution in [0.15, 0.2) is 0 Å². The lowest BCUT2D eigenvalue weighted by molar-refractivity contribution is -0.140. The van der Waals surface area contributed by atoms with Crippen LogP contribution in [0, 0.1) is 11.3 Å². The number of nitrogens with zero attached hydrogens (tertiary/aromatic N) is 1. The van der Waals surface area contributed by atoms with Crippen molar-refractivity contribution in [2.24, 2.45) is 0 Å². The quantitative estimate of drug-likeness (QED) is 0.641. The molecule has 4 heteroatoms. The van der Waals surface area contributed by atoms with E-state index in [1.807, 2.05) is 6.92 Å². The molecular weight excluding hydrogens is 182 g/mol. The van der Waals surface area contributed by atoms with Gasteiger partial charge in [-0.05, 0) is 13.8 Å². The summed E-state index contributed by atoms with van der Waals surface area (Å²) < 4.78 is 4.40. The molecule has 0 amide bonds. The number of hydrogen-bond donors (Lipinski definition) is 0. The van der Waals surface area contributed by atoms with E-state index < -0.39 is 0 Å². The fourth-order valence-electron chi connectivity index (χ4n) is 0.203. The van der Waals surface area contributed by atoms with Crippen molar-refractivity contribution < 1.29 is 14.3 Å². The van der Waals surface area contributed by atoms with E-state index in [9.17, 15) is 9.59 Å². The van der Waals surface area contributed by atoms with Gasteiger partial charge in [-0.1, -0.05) is 6.92 Å². The molecule has 0 atom stereocenters. The molecule has 0 saturated heterocycles. The highest BCUT2D eigenvalue weighted by molar-refractivity contribution is 5.74. The first-order valence-electron chi connectivity index (χ1n) is 4.39. The van der Waals surface area contributed by atoms with Gasteiger partial charge in [-0.15, -0.1) is 0 Å². The van der Waals surface area contributed by atoms with Crippen molar-refractivity contribution in [3.8, 4) is 6.07 Å². The molecule has 0 aromatic rings. The minimum atomic E-state index is -0.211. The molecule has 0 fully saturated rings. The second-order valence-corrected chi connectivity index (χ2v) is 2.20. The van der Waals surface area contributed by atoms with Gasteiger partial charge in [0.15, 0.2) is 0 Å². The van der Waals surface area contributed by atoms with Crippen molar-refractivity contribution >= 4 is 11.8 Å². The van der Waals surface area contributed by atoms with Crippen molar-refractivity contribution in [2.75, 3.05) is 6.61 Å². The molecule has 0 bridgehead atoms. The van der Waals surface area contributed by atoms with E-state index in [4.69, 9.17) is 5.26 Å². The first kappa shape index (κ1) is 18.4. The number of esters is 1. The summed E-state index contributed by atoms with van der Waals surface area (Å²) in [4.78, 5) is 19.6. The molecule has 0 heterocycles. The summed E-state index contributed by atoms with van der Waals surface area (Å²) in [6, 6.07) is 1.75. The van der Waals surface area contributed by atoms with Gasteiger partial charge in [0.05, 0.1) is 12.7 Å². The Morgan fingerprint density at radius 2 is 1.57 bits per heavy atom. The lowest BCUT2D eigenvalue weighted by Gasteiger charge is -1.89. The maximum atomic E-state index is 9.82. The van der Waals surface area contributed by atoms with E-state index >= 15 is 0 Å². The SMILES string of the molecule is CC#N.CCC(C)=O.CCOC(C)=O. The molecule has 0 unspecified atom stereocenters. The number of ether oxygens (including phenoxy) is 1. The molecule has 82 valence electrons. The third kappa shape index (κ3) is 74.8. The topological polar surface area (TPSA) is 67.2 Å². The largest absolute Gasteiger partial charge is 0.466 e. The van der Waals surface area contributed by atoms with Crippen LogP contribution in [0.2, 0.25) is 0 Å². The number of carbonyl (C=O) groups excluding carboxylic acids is 2. The van der Waals surface area contributed by atoms with Gasteiger partial charge in [0.25, 0.3) is 0 Å². The van der Waals surface area contributed by atoms with Crippen LogP contribution in [0.25, 0.3) is 0 Å². The minimum Gasteiger partial charge on any atom is -0.466 e. The van der Waals surface area contributed by atoms with E-state index in [0.717, 1.165) is 0 Å². The summed E-state index contributed by atoms with van der Waals surface area (Å²) in [7, 11) is 0. The van der Waals surface area contributed by atoms with Crippen molar-refractivity contribution in [1.29, 1.82) is 5.26 Å². The Bertz CT molecular complexity index is 182. The fourth-order valence-corrected chi connectivity index (χ4v) is 0.203. The highest BCUT2D eigenvalue weighted by atomic mass is 16.5. The zero-order valence-electron chi connectivity index (χ0n) is 9.59. The van der Waals surface area contributed by atoms with Crippen LogP contribution in [0.5, 0.6) is 0 Å². The summed E-state index contributed by atoms with van der Waals surface area (Å²) in [5.74, 6) is 0.0440. The lowest BCUT2D eigenvalue weighted by Crippen LogP contribution is -1.95. The maximum Gasteiger partial charge on any atom is 0.302 e. The maximum absolute atomic E-state index is 9.82. The van der Waals surface area contributed by atoms with Crippen molar-refractivity contribution in [3.63, 3.8) is 0 Å². The number of rotatable bonds is 2. The predicted octanol–water partition coefficient (Wildman–Crippen LogP) is 2.08. The standard InChI is InChI=1S/C4H8O2.C4H8O.C2H3N/c1-3-6-4(2)5;1-3-4(2)5;1-2-3/h3H2,1-2H3;3H2,1-2H3;1H3. The molecule has 0 aromatic heterocycles. The molecule has 0 aliphatic carbocycles. The van der Waals surface area contributed by atoms with Gasteiger partial charge in [-0.3, -0.25) is 4.79 Å². The van der Waals surface area contributed by atoms with E-state index in [1.165, 1.54) is 13.8 Å². The summed E-state index contributed by atoms with van der Waals surface area (Å²) in [5, 5.41) is 7.32. The van der Waals surface area contributed by atoms with Crippen molar-refractivity contribution in [2.45, 2.75) is 41.0 Å². The predicted molar refractivity (Wildman–Crippen MR) is 54.6 cm³/mol. The average Bonchev–Trinajstić information content (AvgIpc) is 2.06. The molecule has 0 N–H and O–H groups in total. The van der Waals surface area contributed by atoms with Gasteiger partial charge in [0.1, 0.15) is 5.78 Å². The Morgan fingerprint density at radius 3 is 1.57 bits per heavy atom. The molecule has 14 heavy (non-hydrogen) atoms. The molecule has 0 aromatic carbocycles. The van der Waals surface area contributed by atoms with Gasteiger partial charge in [-0.2, -0.15) is 5.26 Å². The number of hydrogen-bond acceptors (Lipinski definition) is 4. The van der Waals surface area contributed by atoms with Gasteiger partial charge >= 0.3 is 5.97 Å². The van der Waals surface area contributed by atoms with E-state index in [2.05, 4.69) is 4.74 Å². The van der Waals surface area contributed by atoms with Crippen LogP contribution in [0.3, 0.4) is 0 Å². The molecule has 4 nitrogen and oxygen atoms in total. The molecule has 0 radical (unpaired) electrons. The van der Waals surface area contributed by atoms with Crippen LogP contribution >= 0.6 is 0 Å². The molecule has 0 aliphatic heterocycles. The molecule has 0 rings (SSSR count). The summed E-state index contributed by atoms with van der Waals surface area (Å²) in [6.45, 7) is 8.52. The monoisotopic (exact) mass is 201 g/mol. The van der Waals surface area contributed by atoms with Gasteiger partial charge in [0, 0.05) is 20.3 Å². The van der Waals surface area contributed by atoms with Crippen LogP contribution in [0.4, 0.5) is 0 Å². The Hall–Kier alpha value is -1.37. The normalized spacial score (nSPS) is 6.57. The van der Waals surface area contributed by atoms with Gasteiger partial charge in [0.2, 0.25) is 0 Å². The average molecular weight is 201 g/mol. The number of nitriles is 1. The van der Waals surface area contributed by atoms with Crippen molar-refractivity contribution in [1.82, 2.24) is 0 Å². The lowest BCUT2D eigenvalue weighted by atomic mass is 10.4. The summed E-state index contributed by atoms with van der Waals surface area (Å²) >= 11 is 0. The Morgan fingerprint density at radius 1 is 1.29 bits per heavy atom. The summed E-state index contributed by atoms with van der Waals surface area (Å²) in [5.41, 5.74) is 0. The second-order valence-electron chi connectivity index (χ2n) is 2.20. The van der Waals surface area contributed by atoms with Crippen LogP contribution in [0.1, 0.15) is 41.0 Å². The zero-order chi connectivity index (χ0) is 12.0. The number of ketones is 1. The van der Waals surface area contributed by atoms with Crippen molar-refractivity contribution in [3.05, 3.63) is 0 Å². The summed E-state index contributed by atoms with van der Waals surface area (Å²) in [6.07, 6.45) is 0.667. The van der Waals surface area contributed by atoms with Gasteiger partial charge in [-0.25, -0.2) is 0 Å².